The van der Waals surface area contributed by atoms with E-state index in [4.69, 9.17) is 5.73 Å². The molecule has 19 heavy (non-hydrogen) atoms. The van der Waals surface area contributed by atoms with Crippen LogP contribution < -0.4 is 5.73 Å². The van der Waals surface area contributed by atoms with Crippen molar-refractivity contribution in [3.63, 3.8) is 0 Å². The SMILES string of the molecule is CC(N)C(c1ccccc1)N(C)Cc1csc(Br)c1. The van der Waals surface area contributed by atoms with Crippen LogP contribution in [0.2, 0.25) is 0 Å². The number of nitrogens with two attached hydrogens (primary N) is 1. The highest BCUT2D eigenvalue weighted by molar-refractivity contribution is 9.11. The van der Waals surface area contributed by atoms with Crippen molar-refractivity contribution in [2.24, 2.45) is 5.73 Å². The molecule has 2 aromatic rings. The van der Waals surface area contributed by atoms with Gasteiger partial charge in [0.05, 0.1) is 3.79 Å². The summed E-state index contributed by atoms with van der Waals surface area (Å²) < 4.78 is 1.17. The van der Waals surface area contributed by atoms with Gasteiger partial charge in [-0.15, -0.1) is 11.3 Å². The second-order valence-electron chi connectivity index (χ2n) is 4.89. The third-order valence-electron chi connectivity index (χ3n) is 3.17. The van der Waals surface area contributed by atoms with Gasteiger partial charge in [-0.2, -0.15) is 0 Å². The predicted octanol–water partition coefficient (Wildman–Crippen LogP) is 4.03. The number of nitrogens with zero attached hydrogens (tertiary/aromatic N) is 1. The highest BCUT2D eigenvalue weighted by Crippen LogP contribution is 2.26. The van der Waals surface area contributed by atoms with Crippen molar-refractivity contribution in [1.82, 2.24) is 4.90 Å². The first-order valence-corrected chi connectivity index (χ1v) is 7.99. The van der Waals surface area contributed by atoms with Crippen molar-refractivity contribution in [3.8, 4) is 0 Å². The number of thiophene rings is 1. The third-order valence-corrected chi connectivity index (χ3v) is 4.72. The second-order valence-corrected chi connectivity index (χ2v) is 7.18. The lowest BCUT2D eigenvalue weighted by Gasteiger charge is -2.31. The van der Waals surface area contributed by atoms with E-state index >= 15 is 0 Å². The molecule has 1 aromatic heterocycles. The Labute approximate surface area is 127 Å². The number of likely N-dealkylation sites (N-methyl/N-ethyl adjacent to an activating group) is 1. The van der Waals surface area contributed by atoms with Gasteiger partial charge in [0, 0.05) is 18.6 Å². The van der Waals surface area contributed by atoms with Gasteiger partial charge in [0.15, 0.2) is 0 Å². The zero-order chi connectivity index (χ0) is 13.8. The number of hydrogen-bond acceptors (Lipinski definition) is 3. The molecule has 0 amide bonds. The zero-order valence-corrected chi connectivity index (χ0v) is 13.6. The fraction of sp³-hybridized carbons (Fsp3) is 0.333. The van der Waals surface area contributed by atoms with Crippen LogP contribution in [0, 0.1) is 0 Å². The van der Waals surface area contributed by atoms with E-state index < -0.39 is 0 Å². The van der Waals surface area contributed by atoms with E-state index in [2.05, 4.69) is 70.5 Å². The van der Waals surface area contributed by atoms with Gasteiger partial charge in [-0.3, -0.25) is 4.90 Å². The molecule has 1 heterocycles. The molecule has 0 radical (unpaired) electrons. The lowest BCUT2D eigenvalue weighted by molar-refractivity contribution is 0.211. The Bertz CT molecular complexity index is 510. The summed E-state index contributed by atoms with van der Waals surface area (Å²) >= 11 is 5.23. The van der Waals surface area contributed by atoms with Gasteiger partial charge in [-0.1, -0.05) is 30.3 Å². The fourth-order valence-electron chi connectivity index (χ4n) is 2.42. The molecule has 2 rings (SSSR count). The van der Waals surface area contributed by atoms with Crippen molar-refractivity contribution >= 4 is 27.3 Å². The molecule has 1 aromatic carbocycles. The maximum atomic E-state index is 6.18. The molecular formula is C15H19BrN2S. The first-order chi connectivity index (χ1) is 9.08. The van der Waals surface area contributed by atoms with E-state index in [1.165, 1.54) is 14.9 Å². The molecule has 0 saturated heterocycles. The standard InChI is InChI=1S/C15H19BrN2S/c1-11(17)15(13-6-4-3-5-7-13)18(2)9-12-8-14(16)19-10-12/h3-8,10-11,15H,9,17H2,1-2H3. The van der Waals surface area contributed by atoms with Crippen LogP contribution in [0.3, 0.4) is 0 Å². The van der Waals surface area contributed by atoms with Crippen LogP contribution in [0.4, 0.5) is 0 Å². The summed E-state index contributed by atoms with van der Waals surface area (Å²) in [7, 11) is 2.13. The summed E-state index contributed by atoms with van der Waals surface area (Å²) in [6.45, 7) is 2.97. The summed E-state index contributed by atoms with van der Waals surface area (Å²) in [4.78, 5) is 2.31. The largest absolute Gasteiger partial charge is 0.326 e. The lowest BCUT2D eigenvalue weighted by Crippen LogP contribution is -2.36. The van der Waals surface area contributed by atoms with Crippen molar-refractivity contribution in [1.29, 1.82) is 0 Å². The van der Waals surface area contributed by atoms with Crippen molar-refractivity contribution in [2.45, 2.75) is 25.6 Å². The number of rotatable bonds is 5. The van der Waals surface area contributed by atoms with E-state index in [0.717, 1.165) is 6.54 Å². The molecule has 0 aliphatic heterocycles. The van der Waals surface area contributed by atoms with E-state index in [9.17, 15) is 0 Å². The van der Waals surface area contributed by atoms with Crippen LogP contribution >= 0.6 is 27.3 Å². The molecule has 0 bridgehead atoms. The molecule has 0 spiro atoms. The quantitative estimate of drug-likeness (QED) is 0.891. The second kappa shape index (κ2) is 6.66. The normalized spacial score (nSPS) is 14.6. The average Bonchev–Trinajstić information content (AvgIpc) is 2.75. The van der Waals surface area contributed by atoms with Crippen LogP contribution in [-0.2, 0) is 6.54 Å². The Hall–Kier alpha value is -0.680. The van der Waals surface area contributed by atoms with E-state index in [-0.39, 0.29) is 12.1 Å². The van der Waals surface area contributed by atoms with Crippen LogP contribution in [0.25, 0.3) is 0 Å². The smallest absolute Gasteiger partial charge is 0.0701 e. The summed E-state index contributed by atoms with van der Waals surface area (Å²) in [5.74, 6) is 0. The molecule has 0 fully saturated rings. The molecular weight excluding hydrogens is 320 g/mol. The summed E-state index contributed by atoms with van der Waals surface area (Å²) in [6.07, 6.45) is 0. The van der Waals surface area contributed by atoms with Crippen molar-refractivity contribution < 1.29 is 0 Å². The van der Waals surface area contributed by atoms with Gasteiger partial charge in [0.1, 0.15) is 0 Å². The van der Waals surface area contributed by atoms with E-state index in [0.29, 0.717) is 0 Å². The van der Waals surface area contributed by atoms with Gasteiger partial charge < -0.3 is 5.73 Å². The minimum atomic E-state index is 0.0921. The Morgan fingerprint density at radius 3 is 2.53 bits per heavy atom. The lowest BCUT2D eigenvalue weighted by atomic mass is 9.99. The molecule has 2 atom stereocenters. The molecule has 4 heteroatoms. The maximum Gasteiger partial charge on any atom is 0.0701 e. The zero-order valence-electron chi connectivity index (χ0n) is 11.2. The van der Waals surface area contributed by atoms with Gasteiger partial charge in [-0.25, -0.2) is 0 Å². The van der Waals surface area contributed by atoms with Crippen LogP contribution in [0.5, 0.6) is 0 Å². The molecule has 0 aliphatic carbocycles. The maximum absolute atomic E-state index is 6.18. The first kappa shape index (κ1) is 14.7. The van der Waals surface area contributed by atoms with Gasteiger partial charge >= 0.3 is 0 Å². The highest BCUT2D eigenvalue weighted by atomic mass is 79.9. The topological polar surface area (TPSA) is 29.3 Å². The van der Waals surface area contributed by atoms with Crippen molar-refractivity contribution in [2.75, 3.05) is 7.05 Å². The van der Waals surface area contributed by atoms with E-state index in [1.807, 2.05) is 6.07 Å². The Morgan fingerprint density at radius 2 is 2.00 bits per heavy atom. The molecule has 0 aliphatic rings. The van der Waals surface area contributed by atoms with Crippen LogP contribution in [0.1, 0.15) is 24.1 Å². The molecule has 2 unspecified atom stereocenters. The Kier molecular flexibility index (Phi) is 5.16. The minimum absolute atomic E-state index is 0.0921. The average molecular weight is 339 g/mol. The van der Waals surface area contributed by atoms with Gasteiger partial charge in [-0.05, 0) is 52.5 Å². The third kappa shape index (κ3) is 3.89. The monoisotopic (exact) mass is 338 g/mol. The number of benzene rings is 1. The highest BCUT2D eigenvalue weighted by Gasteiger charge is 2.21. The fourth-order valence-corrected chi connectivity index (χ4v) is 3.63. The summed E-state index contributed by atoms with van der Waals surface area (Å²) in [6, 6.07) is 13.0. The first-order valence-electron chi connectivity index (χ1n) is 6.31. The van der Waals surface area contributed by atoms with Crippen molar-refractivity contribution in [3.05, 3.63) is 56.7 Å². The molecule has 102 valence electrons. The van der Waals surface area contributed by atoms with Gasteiger partial charge in [0.25, 0.3) is 0 Å². The van der Waals surface area contributed by atoms with Crippen LogP contribution in [0.15, 0.2) is 45.6 Å². The predicted molar refractivity (Wildman–Crippen MR) is 86.3 cm³/mol. The van der Waals surface area contributed by atoms with E-state index in [1.54, 1.807) is 11.3 Å². The van der Waals surface area contributed by atoms with Crippen LogP contribution in [-0.4, -0.2) is 18.0 Å². The number of hydrogen-bond donors (Lipinski definition) is 1. The van der Waals surface area contributed by atoms with Gasteiger partial charge in [0.2, 0.25) is 0 Å². The molecule has 2 N–H and O–H groups in total. The Balaban J connectivity index is 2.15. The molecule has 2 nitrogen and oxygen atoms in total. The summed E-state index contributed by atoms with van der Waals surface area (Å²) in [5, 5.41) is 2.18. The Morgan fingerprint density at radius 1 is 1.32 bits per heavy atom. The molecule has 0 saturated carbocycles. The minimum Gasteiger partial charge on any atom is -0.326 e. The summed E-state index contributed by atoms with van der Waals surface area (Å²) in [5.41, 5.74) is 8.77. The number of halogens is 1.